The Hall–Kier alpha value is -2.22. The van der Waals surface area contributed by atoms with Crippen LogP contribution < -0.4 is 15.4 Å². The molecule has 0 bridgehead atoms. The SMILES string of the molecule is O=C(NCc1ccc(OC(F)F)cc1)Nc1nc2c(s1)CCCCC2. The number of hydrogen-bond acceptors (Lipinski definition) is 4. The maximum Gasteiger partial charge on any atom is 0.387 e. The molecule has 1 aromatic heterocycles. The van der Waals surface area contributed by atoms with Crippen LogP contribution in [0.1, 0.15) is 35.4 Å². The molecule has 8 heteroatoms. The molecule has 1 aliphatic carbocycles. The van der Waals surface area contributed by atoms with Gasteiger partial charge in [-0.3, -0.25) is 5.32 Å². The normalized spacial score (nSPS) is 13.9. The van der Waals surface area contributed by atoms with Crippen molar-refractivity contribution in [2.75, 3.05) is 5.32 Å². The topological polar surface area (TPSA) is 63.2 Å². The molecule has 1 aliphatic rings. The molecule has 0 saturated carbocycles. The van der Waals surface area contributed by atoms with Gasteiger partial charge in [-0.15, -0.1) is 11.3 Å². The lowest BCUT2D eigenvalue weighted by Crippen LogP contribution is -2.28. The fraction of sp³-hybridized carbons (Fsp3) is 0.412. The van der Waals surface area contributed by atoms with Crippen molar-refractivity contribution in [3.63, 3.8) is 0 Å². The Bertz CT molecular complexity index is 696. The fourth-order valence-corrected chi connectivity index (χ4v) is 3.74. The number of nitrogens with zero attached hydrogens (tertiary/aromatic N) is 1. The monoisotopic (exact) mass is 367 g/mol. The summed E-state index contributed by atoms with van der Waals surface area (Å²) >= 11 is 1.54. The number of nitrogens with one attached hydrogen (secondary N) is 2. The third-order valence-corrected chi connectivity index (χ3v) is 4.99. The standard InChI is InChI=1S/C17H19F2N3O2S/c18-15(19)24-12-8-6-11(7-9-12)10-20-16(23)22-17-21-13-4-2-1-3-5-14(13)25-17/h6-9,15H,1-5,10H2,(H2,20,21,22,23). The van der Waals surface area contributed by atoms with Crippen molar-refractivity contribution < 1.29 is 18.3 Å². The van der Waals surface area contributed by atoms with E-state index < -0.39 is 6.61 Å². The van der Waals surface area contributed by atoms with Crippen LogP contribution in [0, 0.1) is 0 Å². The summed E-state index contributed by atoms with van der Waals surface area (Å²) in [4.78, 5) is 17.8. The molecule has 1 aromatic carbocycles. The van der Waals surface area contributed by atoms with Gasteiger partial charge in [0, 0.05) is 11.4 Å². The maximum atomic E-state index is 12.1. The highest BCUT2D eigenvalue weighted by atomic mass is 32.1. The Balaban J connectivity index is 1.49. The highest BCUT2D eigenvalue weighted by Gasteiger charge is 2.15. The first kappa shape index (κ1) is 17.6. The first-order valence-electron chi connectivity index (χ1n) is 8.17. The van der Waals surface area contributed by atoms with Crippen LogP contribution in [0.3, 0.4) is 0 Å². The van der Waals surface area contributed by atoms with Crippen molar-refractivity contribution in [1.82, 2.24) is 10.3 Å². The molecule has 0 radical (unpaired) electrons. The van der Waals surface area contributed by atoms with Gasteiger partial charge in [0.1, 0.15) is 5.75 Å². The summed E-state index contributed by atoms with van der Waals surface area (Å²) in [6, 6.07) is 5.81. The molecular formula is C17H19F2N3O2S. The zero-order chi connectivity index (χ0) is 17.6. The largest absolute Gasteiger partial charge is 0.435 e. The van der Waals surface area contributed by atoms with Crippen LogP contribution in [0.15, 0.2) is 24.3 Å². The molecule has 0 spiro atoms. The van der Waals surface area contributed by atoms with Crippen LogP contribution in [0.5, 0.6) is 5.75 Å². The lowest BCUT2D eigenvalue weighted by atomic mass is 10.2. The number of anilines is 1. The van der Waals surface area contributed by atoms with Crippen molar-refractivity contribution in [3.8, 4) is 5.75 Å². The summed E-state index contributed by atoms with van der Waals surface area (Å²) in [6.45, 7) is -2.56. The minimum Gasteiger partial charge on any atom is -0.435 e. The second kappa shape index (κ2) is 8.24. The average molecular weight is 367 g/mol. The van der Waals surface area contributed by atoms with Gasteiger partial charge in [0.05, 0.1) is 5.69 Å². The van der Waals surface area contributed by atoms with Crippen LogP contribution in [-0.4, -0.2) is 17.6 Å². The van der Waals surface area contributed by atoms with E-state index in [4.69, 9.17) is 0 Å². The number of carbonyl (C=O) groups excluding carboxylic acids is 1. The van der Waals surface area contributed by atoms with Gasteiger partial charge >= 0.3 is 12.6 Å². The molecule has 0 saturated heterocycles. The molecule has 25 heavy (non-hydrogen) atoms. The molecule has 0 aliphatic heterocycles. The third-order valence-electron chi connectivity index (χ3n) is 3.92. The first-order valence-corrected chi connectivity index (χ1v) is 8.99. The van der Waals surface area contributed by atoms with Crippen LogP contribution >= 0.6 is 11.3 Å². The minimum atomic E-state index is -2.84. The van der Waals surface area contributed by atoms with Crippen molar-refractivity contribution in [3.05, 3.63) is 40.4 Å². The first-order chi connectivity index (χ1) is 12.1. The van der Waals surface area contributed by atoms with Gasteiger partial charge in [-0.2, -0.15) is 8.78 Å². The quantitative estimate of drug-likeness (QED) is 0.773. The van der Waals surface area contributed by atoms with Crippen LogP contribution in [0.25, 0.3) is 0 Å². The Labute approximate surface area is 148 Å². The number of aryl methyl sites for hydroxylation is 2. The van der Waals surface area contributed by atoms with E-state index in [-0.39, 0.29) is 18.3 Å². The van der Waals surface area contributed by atoms with Crippen molar-refractivity contribution in [1.29, 1.82) is 0 Å². The number of thiazole rings is 1. The van der Waals surface area contributed by atoms with Crippen molar-refractivity contribution in [2.24, 2.45) is 0 Å². The van der Waals surface area contributed by atoms with E-state index in [1.54, 1.807) is 12.1 Å². The van der Waals surface area contributed by atoms with Crippen LogP contribution in [0.4, 0.5) is 18.7 Å². The molecule has 2 N–H and O–H groups in total. The highest BCUT2D eigenvalue weighted by molar-refractivity contribution is 7.15. The molecule has 0 atom stereocenters. The van der Waals surface area contributed by atoms with Gasteiger partial charge in [0.2, 0.25) is 0 Å². The molecule has 5 nitrogen and oxygen atoms in total. The number of aromatic nitrogens is 1. The predicted octanol–water partition coefficient (Wildman–Crippen LogP) is 4.34. The lowest BCUT2D eigenvalue weighted by Gasteiger charge is -2.07. The second-order valence-corrected chi connectivity index (χ2v) is 6.86. The summed E-state index contributed by atoms with van der Waals surface area (Å²) < 4.78 is 28.5. The van der Waals surface area contributed by atoms with E-state index in [1.165, 1.54) is 41.2 Å². The minimum absolute atomic E-state index is 0.0903. The van der Waals surface area contributed by atoms with Gasteiger partial charge in [-0.05, 0) is 43.4 Å². The number of carbonyl (C=O) groups is 1. The van der Waals surface area contributed by atoms with Gasteiger partial charge < -0.3 is 10.1 Å². The molecule has 1 heterocycles. The number of hydrogen-bond donors (Lipinski definition) is 2. The molecule has 2 amide bonds. The van der Waals surface area contributed by atoms with Crippen LogP contribution in [-0.2, 0) is 19.4 Å². The van der Waals surface area contributed by atoms with Crippen LogP contribution in [0.2, 0.25) is 0 Å². The Kier molecular flexibility index (Phi) is 5.80. The van der Waals surface area contributed by atoms with Crippen molar-refractivity contribution in [2.45, 2.75) is 45.3 Å². The molecule has 0 unspecified atom stereocenters. The number of benzene rings is 1. The highest BCUT2D eigenvalue weighted by Crippen LogP contribution is 2.28. The fourth-order valence-electron chi connectivity index (χ4n) is 2.69. The average Bonchev–Trinajstić information content (AvgIpc) is 2.82. The Morgan fingerprint density at radius 3 is 2.72 bits per heavy atom. The summed E-state index contributed by atoms with van der Waals surface area (Å²) in [7, 11) is 0. The van der Waals surface area contributed by atoms with Gasteiger partial charge in [0.25, 0.3) is 0 Å². The van der Waals surface area contributed by atoms with E-state index in [2.05, 4.69) is 20.4 Å². The Morgan fingerprint density at radius 1 is 1.20 bits per heavy atom. The smallest absolute Gasteiger partial charge is 0.387 e. The third kappa shape index (κ3) is 5.12. The van der Waals surface area contributed by atoms with E-state index in [0.717, 1.165) is 30.5 Å². The number of fused-ring (bicyclic) bond motifs is 1. The van der Waals surface area contributed by atoms with Gasteiger partial charge in [-0.1, -0.05) is 18.6 Å². The van der Waals surface area contributed by atoms with E-state index in [0.29, 0.717) is 5.13 Å². The summed E-state index contributed by atoms with van der Waals surface area (Å²) in [6.07, 6.45) is 5.55. The number of ether oxygens (including phenoxy) is 1. The maximum absolute atomic E-state index is 12.1. The summed E-state index contributed by atoms with van der Waals surface area (Å²) in [5.74, 6) is 0.0903. The molecule has 2 aromatic rings. The second-order valence-electron chi connectivity index (χ2n) is 5.78. The Morgan fingerprint density at radius 2 is 1.96 bits per heavy atom. The number of rotatable bonds is 5. The lowest BCUT2D eigenvalue weighted by molar-refractivity contribution is -0.0498. The number of alkyl halides is 2. The van der Waals surface area contributed by atoms with Gasteiger partial charge in [0.15, 0.2) is 5.13 Å². The van der Waals surface area contributed by atoms with Gasteiger partial charge in [-0.25, -0.2) is 9.78 Å². The molecule has 0 fully saturated rings. The van der Waals surface area contributed by atoms with E-state index in [1.807, 2.05) is 0 Å². The van der Waals surface area contributed by atoms with E-state index in [9.17, 15) is 13.6 Å². The van der Waals surface area contributed by atoms with E-state index >= 15 is 0 Å². The molecular weight excluding hydrogens is 348 g/mol. The summed E-state index contributed by atoms with van der Waals surface area (Å²) in [5.41, 5.74) is 1.89. The number of urea groups is 1. The number of amides is 2. The molecule has 134 valence electrons. The zero-order valence-corrected chi connectivity index (χ0v) is 14.4. The summed E-state index contributed by atoms with van der Waals surface area (Å²) in [5, 5.41) is 6.10. The van der Waals surface area contributed by atoms with Crippen molar-refractivity contribution >= 4 is 22.5 Å². The number of halogens is 2. The zero-order valence-electron chi connectivity index (χ0n) is 13.6. The molecule has 3 rings (SSSR count). The predicted molar refractivity (Wildman–Crippen MR) is 92.3 cm³/mol.